The lowest BCUT2D eigenvalue weighted by molar-refractivity contribution is 0.843. The first-order valence-corrected chi connectivity index (χ1v) is 7.14. The van der Waals surface area contributed by atoms with E-state index in [0.29, 0.717) is 5.92 Å². The van der Waals surface area contributed by atoms with Gasteiger partial charge in [0.25, 0.3) is 0 Å². The van der Waals surface area contributed by atoms with E-state index in [-0.39, 0.29) is 0 Å². The Morgan fingerprint density at radius 2 is 2.05 bits per heavy atom. The van der Waals surface area contributed by atoms with Gasteiger partial charge in [0.15, 0.2) is 0 Å². The third-order valence-corrected chi connectivity index (χ3v) is 3.28. The zero-order valence-electron chi connectivity index (χ0n) is 12.6. The fourth-order valence-corrected chi connectivity index (χ4v) is 2.28. The molecule has 0 bridgehead atoms. The first kappa shape index (κ1) is 14.4. The predicted molar refractivity (Wildman–Crippen MR) is 82.9 cm³/mol. The average Bonchev–Trinajstić information content (AvgIpc) is 2.45. The van der Waals surface area contributed by atoms with E-state index in [2.05, 4.69) is 48.0 Å². The molecule has 2 aromatic rings. The van der Waals surface area contributed by atoms with Gasteiger partial charge >= 0.3 is 0 Å². The van der Waals surface area contributed by atoms with Crippen LogP contribution < -0.4 is 5.32 Å². The fourth-order valence-electron chi connectivity index (χ4n) is 2.28. The monoisotopic (exact) mass is 270 g/mol. The molecular weight excluding hydrogens is 248 g/mol. The van der Waals surface area contributed by atoms with Crippen LogP contribution >= 0.6 is 0 Å². The predicted octanol–water partition coefficient (Wildman–Crippen LogP) is 3.79. The normalized spacial score (nSPS) is 10.8. The Kier molecular flexibility index (Phi) is 4.66. The highest BCUT2D eigenvalue weighted by atomic mass is 15.0. The quantitative estimate of drug-likeness (QED) is 0.898. The maximum Gasteiger partial charge on any atom is 0.133 e. The summed E-state index contributed by atoms with van der Waals surface area (Å²) < 4.78 is 0. The number of nitrogens with zero attached hydrogens (tertiary/aromatic N) is 3. The molecule has 4 heteroatoms. The summed E-state index contributed by atoms with van der Waals surface area (Å²) in [7, 11) is 0. The molecule has 0 saturated carbocycles. The van der Waals surface area contributed by atoms with Crippen molar-refractivity contribution < 1.29 is 0 Å². The van der Waals surface area contributed by atoms with E-state index in [0.717, 1.165) is 35.6 Å². The van der Waals surface area contributed by atoms with E-state index in [1.165, 1.54) is 5.56 Å². The number of hydrogen-bond donors (Lipinski definition) is 1. The van der Waals surface area contributed by atoms with Crippen molar-refractivity contribution in [3.63, 3.8) is 0 Å². The molecule has 2 rings (SSSR count). The Morgan fingerprint density at radius 1 is 1.25 bits per heavy atom. The second-order valence-corrected chi connectivity index (χ2v) is 5.26. The molecule has 0 saturated heterocycles. The minimum Gasteiger partial charge on any atom is -0.370 e. The largest absolute Gasteiger partial charge is 0.370 e. The second-order valence-electron chi connectivity index (χ2n) is 5.26. The Labute approximate surface area is 120 Å². The lowest BCUT2D eigenvalue weighted by atomic mass is 9.96. The van der Waals surface area contributed by atoms with Gasteiger partial charge in [0.1, 0.15) is 12.1 Å². The third kappa shape index (κ3) is 2.95. The van der Waals surface area contributed by atoms with Gasteiger partial charge < -0.3 is 5.32 Å². The van der Waals surface area contributed by atoms with Crippen molar-refractivity contribution in [2.75, 3.05) is 11.9 Å². The molecule has 0 aliphatic heterocycles. The number of hydrogen-bond acceptors (Lipinski definition) is 4. The number of rotatable bonds is 5. The molecule has 0 amide bonds. The van der Waals surface area contributed by atoms with Crippen molar-refractivity contribution in [3.8, 4) is 11.3 Å². The standard InChI is InChI=1S/C16H22N4/c1-5-7-18-16-14(11(2)3)15(19-10-20-16)13-6-8-17-9-12(13)4/h6,8-11H,5,7H2,1-4H3,(H,18,19,20). The van der Waals surface area contributed by atoms with Gasteiger partial charge in [-0.3, -0.25) is 4.98 Å². The van der Waals surface area contributed by atoms with E-state index < -0.39 is 0 Å². The maximum absolute atomic E-state index is 4.52. The highest BCUT2D eigenvalue weighted by molar-refractivity contribution is 5.71. The molecule has 2 aromatic heterocycles. The van der Waals surface area contributed by atoms with Crippen LogP contribution in [0.1, 0.15) is 44.2 Å². The molecule has 4 nitrogen and oxygen atoms in total. The molecule has 2 heterocycles. The fraction of sp³-hybridized carbons (Fsp3) is 0.438. The van der Waals surface area contributed by atoms with E-state index >= 15 is 0 Å². The SMILES string of the molecule is CCCNc1ncnc(-c2ccncc2C)c1C(C)C. The van der Waals surface area contributed by atoms with Gasteiger partial charge in [-0.1, -0.05) is 20.8 Å². The first-order chi connectivity index (χ1) is 9.65. The molecular formula is C16H22N4. The smallest absolute Gasteiger partial charge is 0.133 e. The van der Waals surface area contributed by atoms with Crippen LogP contribution in [0.5, 0.6) is 0 Å². The molecule has 20 heavy (non-hydrogen) atoms. The van der Waals surface area contributed by atoms with Gasteiger partial charge in [0.2, 0.25) is 0 Å². The van der Waals surface area contributed by atoms with Gasteiger partial charge in [-0.2, -0.15) is 0 Å². The van der Waals surface area contributed by atoms with Crippen molar-refractivity contribution in [3.05, 3.63) is 35.9 Å². The molecule has 0 aliphatic carbocycles. The average molecular weight is 270 g/mol. The van der Waals surface area contributed by atoms with E-state index in [1.54, 1.807) is 6.33 Å². The van der Waals surface area contributed by atoms with E-state index in [4.69, 9.17) is 0 Å². The van der Waals surface area contributed by atoms with Crippen LogP contribution in [0.3, 0.4) is 0 Å². The topological polar surface area (TPSA) is 50.7 Å². The Bertz CT molecular complexity index is 578. The van der Waals surface area contributed by atoms with Crippen molar-refractivity contribution in [2.45, 2.75) is 40.0 Å². The van der Waals surface area contributed by atoms with Gasteiger partial charge in [0.05, 0.1) is 5.69 Å². The summed E-state index contributed by atoms with van der Waals surface area (Å²) in [5.74, 6) is 1.31. The summed E-state index contributed by atoms with van der Waals surface area (Å²) in [5, 5.41) is 3.41. The van der Waals surface area contributed by atoms with Gasteiger partial charge in [-0.25, -0.2) is 9.97 Å². The second kappa shape index (κ2) is 6.46. The van der Waals surface area contributed by atoms with Crippen LogP contribution in [0.25, 0.3) is 11.3 Å². The molecule has 0 unspecified atom stereocenters. The molecule has 0 spiro atoms. The third-order valence-electron chi connectivity index (χ3n) is 3.28. The Morgan fingerprint density at radius 3 is 2.70 bits per heavy atom. The highest BCUT2D eigenvalue weighted by Gasteiger charge is 2.17. The van der Waals surface area contributed by atoms with Crippen molar-refractivity contribution in [2.24, 2.45) is 0 Å². The summed E-state index contributed by atoms with van der Waals surface area (Å²) in [4.78, 5) is 13.1. The van der Waals surface area contributed by atoms with Crippen LogP contribution in [-0.4, -0.2) is 21.5 Å². The molecule has 1 N–H and O–H groups in total. The molecule has 0 radical (unpaired) electrons. The van der Waals surface area contributed by atoms with Crippen LogP contribution in [0.15, 0.2) is 24.8 Å². The van der Waals surface area contributed by atoms with Gasteiger partial charge in [-0.05, 0) is 30.9 Å². The number of anilines is 1. The van der Waals surface area contributed by atoms with Gasteiger partial charge in [-0.15, -0.1) is 0 Å². The maximum atomic E-state index is 4.52. The van der Waals surface area contributed by atoms with E-state index in [9.17, 15) is 0 Å². The summed E-state index contributed by atoms with van der Waals surface area (Å²) in [5.41, 5.74) is 4.45. The van der Waals surface area contributed by atoms with Crippen LogP contribution in [-0.2, 0) is 0 Å². The molecule has 0 fully saturated rings. The summed E-state index contributed by atoms with van der Waals surface area (Å²) in [6.45, 7) is 9.49. The van der Waals surface area contributed by atoms with E-state index in [1.807, 2.05) is 18.5 Å². The number of pyridine rings is 1. The summed E-state index contributed by atoms with van der Waals surface area (Å²) >= 11 is 0. The van der Waals surface area contributed by atoms with Crippen molar-refractivity contribution >= 4 is 5.82 Å². The van der Waals surface area contributed by atoms with Crippen LogP contribution in [0, 0.1) is 6.92 Å². The lowest BCUT2D eigenvalue weighted by Crippen LogP contribution is -2.09. The Balaban J connectivity index is 2.55. The summed E-state index contributed by atoms with van der Waals surface area (Å²) in [6, 6.07) is 2.02. The number of nitrogens with one attached hydrogen (secondary N) is 1. The zero-order chi connectivity index (χ0) is 14.5. The zero-order valence-corrected chi connectivity index (χ0v) is 12.6. The molecule has 0 aliphatic rings. The minimum absolute atomic E-state index is 0.359. The first-order valence-electron chi connectivity index (χ1n) is 7.14. The van der Waals surface area contributed by atoms with Crippen molar-refractivity contribution in [1.29, 1.82) is 0 Å². The highest BCUT2D eigenvalue weighted by Crippen LogP contribution is 2.32. The number of aryl methyl sites for hydroxylation is 1. The van der Waals surface area contributed by atoms with Crippen LogP contribution in [0.2, 0.25) is 0 Å². The molecule has 0 atom stereocenters. The Hall–Kier alpha value is -1.97. The van der Waals surface area contributed by atoms with Gasteiger partial charge in [0, 0.05) is 30.1 Å². The minimum atomic E-state index is 0.359. The number of aromatic nitrogens is 3. The summed E-state index contributed by atoms with van der Waals surface area (Å²) in [6.07, 6.45) is 6.40. The van der Waals surface area contributed by atoms with Crippen LogP contribution in [0.4, 0.5) is 5.82 Å². The molecule has 106 valence electrons. The molecule has 0 aromatic carbocycles. The van der Waals surface area contributed by atoms with Crippen molar-refractivity contribution in [1.82, 2.24) is 15.0 Å². The lowest BCUT2D eigenvalue weighted by Gasteiger charge is -2.17.